The van der Waals surface area contributed by atoms with Crippen LogP contribution in [0.15, 0.2) is 199 Å². The van der Waals surface area contributed by atoms with Crippen molar-refractivity contribution in [3.05, 3.63) is 216 Å². The van der Waals surface area contributed by atoms with Crippen LogP contribution in [0, 0.1) is 0 Å². The fourth-order valence-corrected chi connectivity index (χ4v) is 11.8. The van der Waals surface area contributed by atoms with Crippen molar-refractivity contribution in [1.29, 1.82) is 0 Å². The van der Waals surface area contributed by atoms with Gasteiger partial charge in [0.25, 0.3) is 23.6 Å². The van der Waals surface area contributed by atoms with E-state index in [4.69, 9.17) is 4.42 Å². The summed E-state index contributed by atoms with van der Waals surface area (Å²) in [5, 5.41) is 16.2. The van der Waals surface area contributed by atoms with Crippen molar-refractivity contribution in [3.63, 3.8) is 0 Å². The van der Waals surface area contributed by atoms with E-state index in [1.165, 1.54) is 9.80 Å². The van der Waals surface area contributed by atoms with Crippen molar-refractivity contribution in [3.8, 4) is 45.2 Å². The van der Waals surface area contributed by atoms with Crippen LogP contribution < -0.4 is 9.80 Å². The number of imide groups is 2. The number of nitrogens with zero attached hydrogens (tertiary/aromatic N) is 6. The minimum absolute atomic E-state index is 0.226. The average Bonchev–Trinajstić information content (AvgIpc) is 4.14. The van der Waals surface area contributed by atoms with Crippen LogP contribution in [0.5, 0.6) is 0 Å². The lowest BCUT2D eigenvalue weighted by atomic mass is 9.88. The van der Waals surface area contributed by atoms with Crippen molar-refractivity contribution in [2.45, 2.75) is 0 Å². The summed E-state index contributed by atoms with van der Waals surface area (Å²) in [6.07, 6.45) is 0. The highest BCUT2D eigenvalue weighted by molar-refractivity contribution is 6.38. The zero-order chi connectivity index (χ0) is 50.4. The van der Waals surface area contributed by atoms with E-state index in [1.54, 1.807) is 60.7 Å². The number of carbonyl (C=O) groups is 4. The molecule has 0 aliphatic carbocycles. The van der Waals surface area contributed by atoms with Gasteiger partial charge in [-0.05, 0) is 142 Å². The molecule has 11 heteroatoms. The van der Waals surface area contributed by atoms with Crippen LogP contribution in [0.3, 0.4) is 0 Å². The van der Waals surface area contributed by atoms with E-state index >= 15 is 0 Å². The van der Waals surface area contributed by atoms with Gasteiger partial charge in [0.2, 0.25) is 11.8 Å². The molecule has 75 heavy (non-hydrogen) atoms. The number of aryl methyl sites for hydroxylation is 2. The van der Waals surface area contributed by atoms with E-state index in [-0.39, 0.29) is 11.8 Å². The standard InChI is InChI=1S/C64H38N6O5/c1-67-53-15-5-3-9-43(53)51-33-37(21-31-55(51)67)41-27-29-49-57-45(41)11-7-13-47(57)61(71)69(63(49)73)39-23-17-35(18-24-39)59-65-66-60(75-59)36-19-25-40(26-20-36)70-62(72)48-14-8-12-46-42(28-30-50(58(46)48)64(70)74)38-22-32-56-52(34-38)44-10-4-6-16-54(44)68(56)2/h3-34H,1-2H3. The zero-order valence-electron chi connectivity index (χ0n) is 40.2. The monoisotopic (exact) mass is 970 g/mol. The summed E-state index contributed by atoms with van der Waals surface area (Å²) in [7, 11) is 4.14. The van der Waals surface area contributed by atoms with Crippen LogP contribution in [0.2, 0.25) is 0 Å². The Kier molecular flexibility index (Phi) is 8.84. The molecule has 0 radical (unpaired) electrons. The molecule has 0 spiro atoms. The normalized spacial score (nSPS) is 13.5. The highest BCUT2D eigenvalue weighted by Crippen LogP contribution is 2.43. The molecule has 0 N–H and O–H groups in total. The molecule has 5 heterocycles. The minimum atomic E-state index is -0.412. The van der Waals surface area contributed by atoms with Crippen LogP contribution >= 0.6 is 0 Å². The van der Waals surface area contributed by atoms with Crippen LogP contribution in [0.25, 0.3) is 110 Å². The molecular formula is C64H38N6O5. The van der Waals surface area contributed by atoms with Gasteiger partial charge in [-0.1, -0.05) is 84.9 Å². The molecule has 354 valence electrons. The van der Waals surface area contributed by atoms with Gasteiger partial charge in [-0.2, -0.15) is 0 Å². The molecule has 11 nitrogen and oxygen atoms in total. The first-order valence-corrected chi connectivity index (χ1v) is 24.6. The molecule has 3 aromatic heterocycles. The predicted molar refractivity (Wildman–Crippen MR) is 294 cm³/mol. The fraction of sp³-hybridized carbons (Fsp3) is 0.0312. The molecule has 15 rings (SSSR count). The number of amides is 4. The van der Waals surface area contributed by atoms with Crippen LogP contribution in [-0.2, 0) is 14.1 Å². The van der Waals surface area contributed by atoms with Crippen molar-refractivity contribution in [2.24, 2.45) is 14.1 Å². The molecule has 0 unspecified atom stereocenters. The van der Waals surface area contributed by atoms with Crippen molar-refractivity contribution in [1.82, 2.24) is 19.3 Å². The molecule has 13 aromatic rings. The molecule has 2 aliphatic heterocycles. The smallest absolute Gasteiger partial charge is 0.265 e. The number of aromatic nitrogens is 4. The minimum Gasteiger partial charge on any atom is -0.416 e. The quantitative estimate of drug-likeness (QED) is 0.152. The van der Waals surface area contributed by atoms with Gasteiger partial charge < -0.3 is 13.6 Å². The van der Waals surface area contributed by atoms with Crippen molar-refractivity contribution < 1.29 is 23.6 Å². The zero-order valence-corrected chi connectivity index (χ0v) is 40.2. The Morgan fingerprint density at radius 3 is 1.09 bits per heavy atom. The molecule has 0 fully saturated rings. The van der Waals surface area contributed by atoms with Gasteiger partial charge in [-0.15, -0.1) is 10.2 Å². The molecule has 0 saturated heterocycles. The Morgan fingerprint density at radius 2 is 0.667 bits per heavy atom. The van der Waals surface area contributed by atoms with Gasteiger partial charge in [0, 0.05) is 102 Å². The Hall–Kier alpha value is -10.3. The summed E-state index contributed by atoms with van der Waals surface area (Å²) in [6, 6.07) is 62.0. The van der Waals surface area contributed by atoms with Gasteiger partial charge in [-0.25, -0.2) is 9.80 Å². The average molecular weight is 971 g/mol. The number of hydrogen-bond acceptors (Lipinski definition) is 7. The lowest BCUT2D eigenvalue weighted by Gasteiger charge is -2.28. The summed E-state index contributed by atoms with van der Waals surface area (Å²) >= 11 is 0. The second-order valence-corrected chi connectivity index (χ2v) is 19.3. The van der Waals surface area contributed by atoms with E-state index in [0.29, 0.717) is 55.5 Å². The number of hydrogen-bond donors (Lipinski definition) is 0. The van der Waals surface area contributed by atoms with E-state index in [2.05, 4.69) is 94.1 Å². The summed E-state index contributed by atoms with van der Waals surface area (Å²) in [5.41, 5.74) is 12.2. The number of fused-ring (bicyclic) bond motifs is 6. The molecule has 0 saturated carbocycles. The van der Waals surface area contributed by atoms with Crippen LogP contribution in [0.4, 0.5) is 11.4 Å². The highest BCUT2D eigenvalue weighted by atomic mass is 16.4. The topological polar surface area (TPSA) is 124 Å². The van der Waals surface area contributed by atoms with Gasteiger partial charge in [0.05, 0.1) is 11.4 Å². The summed E-state index contributed by atoms with van der Waals surface area (Å²) in [6.45, 7) is 0. The van der Waals surface area contributed by atoms with Gasteiger partial charge >= 0.3 is 0 Å². The maximum absolute atomic E-state index is 14.3. The second-order valence-electron chi connectivity index (χ2n) is 19.3. The molecule has 0 bridgehead atoms. The Bertz CT molecular complexity index is 4370. The fourth-order valence-electron chi connectivity index (χ4n) is 11.8. The van der Waals surface area contributed by atoms with E-state index in [1.807, 2.05) is 72.8 Å². The first kappa shape index (κ1) is 42.4. The number of para-hydroxylation sites is 2. The molecular weight excluding hydrogens is 933 g/mol. The first-order chi connectivity index (χ1) is 36.7. The predicted octanol–water partition coefficient (Wildman–Crippen LogP) is 13.9. The SMILES string of the molecule is Cn1c2ccccc2c2cc(-c3ccc4c5c(cccc35)C(=O)N(c3ccc(-c5nnc(-c6ccc(N7C(=O)c8cccc9c(-c%10ccc%11c(c%10)c%10ccccc%10n%11C)ccc(c89)C7=O)cc6)o5)cc3)C4=O)ccc21. The van der Waals surface area contributed by atoms with E-state index in [0.717, 1.165) is 76.6 Å². The Morgan fingerprint density at radius 1 is 0.320 bits per heavy atom. The lowest BCUT2D eigenvalue weighted by molar-refractivity contribution is 0.0877. The summed E-state index contributed by atoms with van der Waals surface area (Å²) < 4.78 is 10.5. The van der Waals surface area contributed by atoms with Crippen molar-refractivity contribution in [2.75, 3.05) is 9.80 Å². The van der Waals surface area contributed by atoms with Crippen molar-refractivity contribution >= 4 is 100 Å². The lowest BCUT2D eigenvalue weighted by Crippen LogP contribution is -2.40. The Balaban J connectivity index is 0.681. The molecule has 2 aliphatic rings. The third-order valence-corrected chi connectivity index (χ3v) is 15.4. The Labute approximate surface area is 426 Å². The summed E-state index contributed by atoms with van der Waals surface area (Å²) in [4.78, 5) is 59.6. The van der Waals surface area contributed by atoms with Gasteiger partial charge in [0.1, 0.15) is 0 Å². The maximum Gasteiger partial charge on any atom is 0.265 e. The third-order valence-electron chi connectivity index (χ3n) is 15.4. The van der Waals surface area contributed by atoms with Crippen LogP contribution in [-0.4, -0.2) is 43.0 Å². The molecule has 10 aromatic carbocycles. The molecule has 4 amide bonds. The van der Waals surface area contributed by atoms with Gasteiger partial charge in [0.15, 0.2) is 0 Å². The second kappa shape index (κ2) is 15.6. The first-order valence-electron chi connectivity index (χ1n) is 24.6. The summed E-state index contributed by atoms with van der Waals surface area (Å²) in [5.74, 6) is -1.20. The van der Waals surface area contributed by atoms with Gasteiger partial charge in [-0.3, -0.25) is 19.2 Å². The highest BCUT2D eigenvalue weighted by Gasteiger charge is 2.36. The largest absolute Gasteiger partial charge is 0.416 e. The van der Waals surface area contributed by atoms with Crippen LogP contribution in [0.1, 0.15) is 41.4 Å². The maximum atomic E-state index is 14.3. The number of anilines is 2. The molecule has 0 atom stereocenters. The number of benzene rings is 10. The number of rotatable bonds is 6. The number of carbonyl (C=O) groups excluding carboxylic acids is 4. The third kappa shape index (κ3) is 6.03. The van der Waals surface area contributed by atoms with E-state index < -0.39 is 23.6 Å². The van der Waals surface area contributed by atoms with E-state index in [9.17, 15) is 19.2 Å².